The van der Waals surface area contributed by atoms with Gasteiger partial charge in [-0.15, -0.1) is 0 Å². The van der Waals surface area contributed by atoms with Gasteiger partial charge in [0.1, 0.15) is 11.8 Å². The number of hydrogen-bond acceptors (Lipinski definition) is 6. The lowest BCUT2D eigenvalue weighted by molar-refractivity contribution is -0.143. The predicted octanol–water partition coefficient (Wildman–Crippen LogP) is 4.01. The number of carbonyl (C=O) groups excluding carboxylic acids is 2. The second kappa shape index (κ2) is 8.31. The number of Topliss-reactive ketones (excluding diaryl/α,β-unsaturated/α-hetero) is 1. The molecule has 0 saturated heterocycles. The Morgan fingerprint density at radius 2 is 1.89 bits per heavy atom. The summed E-state index contributed by atoms with van der Waals surface area (Å²) < 4.78 is 4.82. The number of benzene rings is 2. The van der Waals surface area contributed by atoms with Gasteiger partial charge in [0, 0.05) is 12.0 Å². The quantitative estimate of drug-likeness (QED) is 0.517. The molecule has 0 aliphatic carbocycles. The Hall–Kier alpha value is -3.72. The van der Waals surface area contributed by atoms with Gasteiger partial charge in [-0.2, -0.15) is 5.26 Å². The molecule has 0 spiro atoms. The molecule has 140 valence electrons. The van der Waals surface area contributed by atoms with E-state index in [0.717, 1.165) is 16.3 Å². The van der Waals surface area contributed by atoms with Gasteiger partial charge in [0.05, 0.1) is 24.3 Å². The molecule has 6 heteroatoms. The molecule has 0 bridgehead atoms. The van der Waals surface area contributed by atoms with Gasteiger partial charge >= 0.3 is 5.97 Å². The van der Waals surface area contributed by atoms with Crippen LogP contribution in [0.1, 0.15) is 35.8 Å². The first-order valence-corrected chi connectivity index (χ1v) is 8.86. The number of ketones is 1. The number of ether oxygens (including phenoxy) is 1. The summed E-state index contributed by atoms with van der Waals surface area (Å²) in [6.07, 6.45) is -0.280. The van der Waals surface area contributed by atoms with E-state index in [1.165, 1.54) is 6.07 Å². The lowest BCUT2D eigenvalue weighted by atomic mass is 9.99. The number of fused-ring (bicyclic) bond motifs is 1. The Morgan fingerprint density at radius 3 is 2.64 bits per heavy atom. The van der Waals surface area contributed by atoms with Crippen LogP contribution in [0.4, 0.5) is 0 Å². The summed E-state index contributed by atoms with van der Waals surface area (Å²) in [5.74, 6) is -1.49. The van der Waals surface area contributed by atoms with E-state index in [1.807, 2.05) is 48.5 Å². The van der Waals surface area contributed by atoms with Crippen LogP contribution in [0.2, 0.25) is 0 Å². The van der Waals surface area contributed by atoms with Gasteiger partial charge in [-0.3, -0.25) is 9.59 Å². The number of nitriles is 1. The minimum absolute atomic E-state index is 0.0441. The van der Waals surface area contributed by atoms with E-state index < -0.39 is 17.5 Å². The number of pyridine rings is 1. The molecule has 2 aromatic carbocycles. The number of aromatic nitrogens is 1. The van der Waals surface area contributed by atoms with E-state index in [9.17, 15) is 20.0 Å². The maximum Gasteiger partial charge on any atom is 0.306 e. The number of carbonyl (C=O) groups is 2. The fraction of sp³-hybridized carbons (Fsp3) is 0.182. The highest BCUT2D eigenvalue weighted by Crippen LogP contribution is 2.32. The minimum atomic E-state index is -0.524. The Labute approximate surface area is 162 Å². The minimum Gasteiger partial charge on any atom is -0.504 e. The smallest absolute Gasteiger partial charge is 0.306 e. The summed E-state index contributed by atoms with van der Waals surface area (Å²) in [5.41, 5.74) is 0.892. The Morgan fingerprint density at radius 1 is 1.14 bits per heavy atom. The van der Waals surface area contributed by atoms with Crippen LogP contribution >= 0.6 is 0 Å². The first-order chi connectivity index (χ1) is 13.5. The van der Waals surface area contributed by atoms with E-state index in [2.05, 4.69) is 4.98 Å². The van der Waals surface area contributed by atoms with Crippen LogP contribution in [0.15, 0.2) is 48.5 Å². The summed E-state index contributed by atoms with van der Waals surface area (Å²) in [4.78, 5) is 28.4. The largest absolute Gasteiger partial charge is 0.504 e. The molecule has 0 saturated carbocycles. The molecule has 0 aliphatic rings. The van der Waals surface area contributed by atoms with Gasteiger partial charge in [0.25, 0.3) is 0 Å². The second-order valence-corrected chi connectivity index (χ2v) is 6.12. The zero-order chi connectivity index (χ0) is 20.1. The third-order valence-electron chi connectivity index (χ3n) is 4.30. The van der Waals surface area contributed by atoms with E-state index in [1.54, 1.807) is 6.92 Å². The SMILES string of the molecule is CCOC(=O)CCC(=O)c1nc(-c2cccc3ccccc23)cc(C#N)c1O. The van der Waals surface area contributed by atoms with Crippen LogP contribution in [0.5, 0.6) is 5.75 Å². The lowest BCUT2D eigenvalue weighted by Crippen LogP contribution is -2.10. The molecule has 3 aromatic rings. The van der Waals surface area contributed by atoms with Crippen LogP contribution in [0, 0.1) is 11.3 Å². The fourth-order valence-electron chi connectivity index (χ4n) is 2.97. The molecule has 1 aromatic heterocycles. The number of nitrogens with zero attached hydrogens (tertiary/aromatic N) is 2. The van der Waals surface area contributed by atoms with E-state index >= 15 is 0 Å². The number of aromatic hydroxyl groups is 1. The number of rotatable bonds is 6. The third kappa shape index (κ3) is 3.84. The van der Waals surface area contributed by atoms with E-state index in [4.69, 9.17) is 4.74 Å². The summed E-state index contributed by atoms with van der Waals surface area (Å²) in [6.45, 7) is 1.91. The van der Waals surface area contributed by atoms with Gasteiger partial charge < -0.3 is 9.84 Å². The molecular weight excluding hydrogens is 356 g/mol. The van der Waals surface area contributed by atoms with Crippen molar-refractivity contribution >= 4 is 22.5 Å². The molecule has 1 N–H and O–H groups in total. The zero-order valence-corrected chi connectivity index (χ0v) is 15.3. The molecule has 0 atom stereocenters. The van der Waals surface area contributed by atoms with Crippen LogP contribution in [0.25, 0.3) is 22.0 Å². The molecule has 0 fully saturated rings. The molecule has 3 rings (SSSR count). The predicted molar refractivity (Wildman–Crippen MR) is 104 cm³/mol. The van der Waals surface area contributed by atoms with Crippen molar-refractivity contribution in [2.24, 2.45) is 0 Å². The highest BCUT2D eigenvalue weighted by Gasteiger charge is 2.20. The monoisotopic (exact) mass is 374 g/mol. The molecule has 0 amide bonds. The summed E-state index contributed by atoms with van der Waals surface area (Å²) in [5, 5.41) is 21.6. The first kappa shape index (κ1) is 19.1. The van der Waals surface area contributed by atoms with Crippen molar-refractivity contribution in [3.63, 3.8) is 0 Å². The molecule has 28 heavy (non-hydrogen) atoms. The average molecular weight is 374 g/mol. The van der Waals surface area contributed by atoms with Crippen LogP contribution in [-0.4, -0.2) is 28.4 Å². The molecule has 6 nitrogen and oxygen atoms in total. The van der Waals surface area contributed by atoms with Gasteiger partial charge in [0.15, 0.2) is 11.5 Å². The summed E-state index contributed by atoms with van der Waals surface area (Å²) in [7, 11) is 0. The number of esters is 1. The van der Waals surface area contributed by atoms with Gasteiger partial charge in [-0.05, 0) is 23.8 Å². The summed E-state index contributed by atoms with van der Waals surface area (Å²) in [6, 6.07) is 16.7. The topological polar surface area (TPSA) is 100 Å². The molecule has 0 unspecified atom stereocenters. The van der Waals surface area contributed by atoms with Crippen molar-refractivity contribution in [2.45, 2.75) is 19.8 Å². The maximum atomic E-state index is 12.5. The zero-order valence-electron chi connectivity index (χ0n) is 15.3. The van der Waals surface area contributed by atoms with Gasteiger partial charge in [-0.25, -0.2) is 4.98 Å². The Balaban J connectivity index is 2.04. The highest BCUT2D eigenvalue weighted by molar-refractivity contribution is 6.01. The van der Waals surface area contributed by atoms with Crippen LogP contribution in [0.3, 0.4) is 0 Å². The van der Waals surface area contributed by atoms with Crippen molar-refractivity contribution in [1.29, 1.82) is 5.26 Å². The van der Waals surface area contributed by atoms with Crippen molar-refractivity contribution in [2.75, 3.05) is 6.61 Å². The molecule has 0 radical (unpaired) electrons. The Kier molecular flexibility index (Phi) is 5.66. The van der Waals surface area contributed by atoms with E-state index in [0.29, 0.717) is 5.69 Å². The normalized spacial score (nSPS) is 10.4. The van der Waals surface area contributed by atoms with Crippen LogP contribution < -0.4 is 0 Å². The number of hydrogen-bond donors (Lipinski definition) is 1. The third-order valence-corrected chi connectivity index (χ3v) is 4.30. The van der Waals surface area contributed by atoms with Crippen molar-refractivity contribution in [3.8, 4) is 23.1 Å². The van der Waals surface area contributed by atoms with Crippen molar-refractivity contribution in [3.05, 3.63) is 59.8 Å². The lowest BCUT2D eigenvalue weighted by Gasteiger charge is -2.10. The Bertz CT molecular complexity index is 1090. The van der Waals surface area contributed by atoms with Crippen molar-refractivity contribution < 1.29 is 19.4 Å². The fourth-order valence-corrected chi connectivity index (χ4v) is 2.97. The molecule has 0 aliphatic heterocycles. The van der Waals surface area contributed by atoms with Gasteiger partial charge in [-0.1, -0.05) is 42.5 Å². The molecule has 1 heterocycles. The van der Waals surface area contributed by atoms with Crippen molar-refractivity contribution in [1.82, 2.24) is 4.98 Å². The maximum absolute atomic E-state index is 12.5. The molecular formula is C22H18N2O4. The summed E-state index contributed by atoms with van der Waals surface area (Å²) >= 11 is 0. The van der Waals surface area contributed by atoms with Gasteiger partial charge in [0.2, 0.25) is 0 Å². The van der Waals surface area contributed by atoms with E-state index in [-0.39, 0.29) is 30.7 Å². The highest BCUT2D eigenvalue weighted by atomic mass is 16.5. The average Bonchev–Trinajstić information content (AvgIpc) is 2.72. The second-order valence-electron chi connectivity index (χ2n) is 6.12. The van der Waals surface area contributed by atoms with Crippen LogP contribution in [-0.2, 0) is 9.53 Å². The standard InChI is InChI=1S/C22H18N2O4/c1-2-28-20(26)11-10-19(25)21-22(27)15(13-23)12-18(24-21)17-9-5-7-14-6-3-4-8-16(14)17/h3-9,12,27H,2,10-11H2,1H3. The first-order valence-electron chi connectivity index (χ1n) is 8.86.